The summed E-state index contributed by atoms with van der Waals surface area (Å²) in [6.07, 6.45) is 1.59. The molecule has 2 aromatic carbocycles. The molecule has 0 aliphatic rings. The lowest BCUT2D eigenvalue weighted by Crippen LogP contribution is -2.24. The van der Waals surface area contributed by atoms with E-state index in [1.807, 2.05) is 42.5 Å². The van der Waals surface area contributed by atoms with E-state index in [1.54, 1.807) is 19.4 Å². The summed E-state index contributed by atoms with van der Waals surface area (Å²) < 4.78 is 11.0. The molecule has 108 valence electrons. The Kier molecular flexibility index (Phi) is 5.11. The highest BCUT2D eigenvalue weighted by Gasteiger charge is 2.03. The van der Waals surface area contributed by atoms with E-state index in [1.165, 1.54) is 0 Å². The van der Waals surface area contributed by atoms with Crippen molar-refractivity contribution in [3.63, 3.8) is 0 Å². The van der Waals surface area contributed by atoms with Crippen molar-refractivity contribution >= 4 is 23.5 Å². The zero-order chi connectivity index (χ0) is 15.1. The average Bonchev–Trinajstić information content (AvgIpc) is 2.49. The summed E-state index contributed by atoms with van der Waals surface area (Å²) in [7, 11) is 1.61. The van der Waals surface area contributed by atoms with E-state index < -0.39 is 0 Å². The third kappa shape index (κ3) is 4.47. The minimum Gasteiger partial charge on any atom is -0.497 e. The number of nitrogens with two attached hydrogens (primary N) is 1. The summed E-state index contributed by atoms with van der Waals surface area (Å²) in [5.41, 5.74) is 8.61. The van der Waals surface area contributed by atoms with Crippen LogP contribution in [0.1, 0.15) is 5.56 Å². The first-order valence-corrected chi connectivity index (χ1v) is 6.59. The normalized spacial score (nSPS) is 10.3. The Balaban J connectivity index is 2.19. The lowest BCUT2D eigenvalue weighted by molar-refractivity contribution is 0.409. The Morgan fingerprint density at radius 2 is 1.95 bits per heavy atom. The Morgan fingerprint density at radius 3 is 2.71 bits per heavy atom. The maximum atomic E-state index is 5.85. The predicted molar refractivity (Wildman–Crippen MR) is 87.0 cm³/mol. The van der Waals surface area contributed by atoms with Crippen molar-refractivity contribution in [2.45, 2.75) is 0 Å². The van der Waals surface area contributed by atoms with E-state index >= 15 is 0 Å². The monoisotopic (exact) mass is 301 g/mol. The second kappa shape index (κ2) is 7.25. The number of benzene rings is 2. The van der Waals surface area contributed by atoms with Crippen molar-refractivity contribution in [2.75, 3.05) is 7.11 Å². The Bertz CT molecular complexity index is 659. The van der Waals surface area contributed by atoms with Gasteiger partial charge in [-0.2, -0.15) is 5.10 Å². The van der Waals surface area contributed by atoms with E-state index in [4.69, 9.17) is 15.2 Å². The number of rotatable bonds is 5. The molecule has 0 aromatic heterocycles. The predicted octanol–water partition coefficient (Wildman–Crippen LogP) is 2.65. The molecular formula is C15H15N3O2S. The zero-order valence-corrected chi connectivity index (χ0v) is 12.3. The fraction of sp³-hybridized carbons (Fsp3) is 0.0667. The van der Waals surface area contributed by atoms with E-state index in [-0.39, 0.29) is 5.11 Å². The van der Waals surface area contributed by atoms with Crippen molar-refractivity contribution in [3.05, 3.63) is 54.1 Å². The van der Waals surface area contributed by atoms with E-state index in [2.05, 4.69) is 22.7 Å². The maximum Gasteiger partial charge on any atom is 0.184 e. The largest absolute Gasteiger partial charge is 0.497 e. The molecule has 0 saturated heterocycles. The number of hydrogen-bond donors (Lipinski definition) is 2. The lowest BCUT2D eigenvalue weighted by Gasteiger charge is -2.09. The van der Waals surface area contributed by atoms with Gasteiger partial charge in [-0.3, -0.25) is 5.43 Å². The summed E-state index contributed by atoms with van der Waals surface area (Å²) in [6, 6.07) is 14.9. The zero-order valence-electron chi connectivity index (χ0n) is 11.4. The summed E-state index contributed by atoms with van der Waals surface area (Å²) in [6.45, 7) is 0. The van der Waals surface area contributed by atoms with Crippen LogP contribution in [-0.2, 0) is 0 Å². The van der Waals surface area contributed by atoms with Gasteiger partial charge in [0.05, 0.1) is 13.3 Å². The fourth-order valence-corrected chi connectivity index (χ4v) is 1.69. The molecule has 0 amide bonds. The van der Waals surface area contributed by atoms with Gasteiger partial charge >= 0.3 is 0 Å². The summed E-state index contributed by atoms with van der Waals surface area (Å²) in [5.74, 6) is 2.07. The molecular weight excluding hydrogens is 286 g/mol. The van der Waals surface area contributed by atoms with Crippen molar-refractivity contribution in [3.8, 4) is 17.2 Å². The van der Waals surface area contributed by atoms with Gasteiger partial charge < -0.3 is 15.2 Å². The smallest absolute Gasteiger partial charge is 0.184 e. The van der Waals surface area contributed by atoms with Gasteiger partial charge in [0.2, 0.25) is 0 Å². The molecule has 6 heteroatoms. The summed E-state index contributed by atoms with van der Waals surface area (Å²) >= 11 is 4.68. The molecule has 0 fully saturated rings. The third-order valence-corrected chi connectivity index (χ3v) is 2.66. The van der Waals surface area contributed by atoms with Crippen molar-refractivity contribution < 1.29 is 9.47 Å². The van der Waals surface area contributed by atoms with Crippen LogP contribution in [0.2, 0.25) is 0 Å². The number of para-hydroxylation sites is 1. The van der Waals surface area contributed by atoms with Gasteiger partial charge in [-0.1, -0.05) is 18.2 Å². The molecule has 0 aliphatic carbocycles. The Hall–Kier alpha value is -2.60. The second-order valence-corrected chi connectivity index (χ2v) is 4.49. The van der Waals surface area contributed by atoms with Crippen LogP contribution in [0.3, 0.4) is 0 Å². The molecule has 0 bridgehead atoms. The third-order valence-electron chi connectivity index (χ3n) is 2.57. The van der Waals surface area contributed by atoms with Gasteiger partial charge in [-0.25, -0.2) is 0 Å². The molecule has 5 nitrogen and oxygen atoms in total. The number of thiocarbonyl (C=S) groups is 1. The lowest BCUT2D eigenvalue weighted by atomic mass is 10.2. The van der Waals surface area contributed by atoms with Crippen LogP contribution >= 0.6 is 12.2 Å². The van der Waals surface area contributed by atoms with Crippen LogP contribution in [0.15, 0.2) is 53.6 Å². The van der Waals surface area contributed by atoms with Crippen LogP contribution in [-0.4, -0.2) is 18.4 Å². The minimum absolute atomic E-state index is 0.109. The number of methoxy groups -OCH3 is 1. The second-order valence-electron chi connectivity index (χ2n) is 4.05. The number of ether oxygens (including phenoxy) is 2. The van der Waals surface area contributed by atoms with Gasteiger partial charge in [0.1, 0.15) is 17.2 Å². The topological polar surface area (TPSA) is 68.9 Å². The molecule has 0 atom stereocenters. The number of nitrogens with zero attached hydrogens (tertiary/aromatic N) is 1. The van der Waals surface area contributed by atoms with Crippen molar-refractivity contribution in [1.29, 1.82) is 0 Å². The van der Waals surface area contributed by atoms with E-state index in [9.17, 15) is 0 Å². The highest BCUT2D eigenvalue weighted by atomic mass is 32.1. The number of nitrogens with one attached hydrogen (secondary N) is 1. The molecule has 0 radical (unpaired) electrons. The number of hydrazone groups is 1. The van der Waals surface area contributed by atoms with Gasteiger partial charge in [-0.05, 0) is 36.5 Å². The van der Waals surface area contributed by atoms with Crippen LogP contribution in [0.5, 0.6) is 17.2 Å². The molecule has 0 spiro atoms. The van der Waals surface area contributed by atoms with Crippen LogP contribution < -0.4 is 20.6 Å². The quantitative estimate of drug-likeness (QED) is 0.505. The van der Waals surface area contributed by atoms with E-state index in [0.717, 1.165) is 11.3 Å². The number of hydrogen-bond acceptors (Lipinski definition) is 4. The molecule has 21 heavy (non-hydrogen) atoms. The first kappa shape index (κ1) is 14.8. The molecule has 2 aromatic rings. The minimum atomic E-state index is 0.109. The molecule has 2 rings (SSSR count). The van der Waals surface area contributed by atoms with E-state index in [0.29, 0.717) is 11.5 Å². The van der Waals surface area contributed by atoms with Gasteiger partial charge in [0.25, 0.3) is 0 Å². The molecule has 0 heterocycles. The van der Waals surface area contributed by atoms with Gasteiger partial charge in [0.15, 0.2) is 5.11 Å². The SMILES string of the molecule is COc1cccc(Oc2ccccc2C=NNC(N)=S)c1. The fourth-order valence-electron chi connectivity index (χ4n) is 1.64. The molecule has 0 saturated carbocycles. The highest BCUT2D eigenvalue weighted by Crippen LogP contribution is 2.26. The maximum absolute atomic E-state index is 5.85. The van der Waals surface area contributed by atoms with Gasteiger partial charge in [-0.15, -0.1) is 0 Å². The van der Waals surface area contributed by atoms with Crippen LogP contribution in [0, 0.1) is 0 Å². The molecule has 0 unspecified atom stereocenters. The molecule has 3 N–H and O–H groups in total. The summed E-state index contributed by atoms with van der Waals surface area (Å²) in [5, 5.41) is 4.04. The molecule has 0 aliphatic heterocycles. The van der Waals surface area contributed by atoms with Crippen LogP contribution in [0.4, 0.5) is 0 Å². The highest BCUT2D eigenvalue weighted by molar-refractivity contribution is 7.80. The van der Waals surface area contributed by atoms with Crippen molar-refractivity contribution in [1.82, 2.24) is 5.43 Å². The first-order valence-electron chi connectivity index (χ1n) is 6.18. The average molecular weight is 301 g/mol. The standard InChI is InChI=1S/C15H15N3O2S/c1-19-12-6-4-7-13(9-12)20-14-8-3-2-5-11(14)10-17-18-15(16)21/h2-10H,1H3,(H3,16,18,21). The van der Waals surface area contributed by atoms with Crippen LogP contribution in [0.25, 0.3) is 0 Å². The Labute approximate surface area is 128 Å². The first-order chi connectivity index (χ1) is 10.2. The summed E-state index contributed by atoms with van der Waals surface area (Å²) in [4.78, 5) is 0. The Morgan fingerprint density at radius 1 is 1.19 bits per heavy atom. The van der Waals surface area contributed by atoms with Crippen molar-refractivity contribution in [2.24, 2.45) is 10.8 Å². The van der Waals surface area contributed by atoms with Gasteiger partial charge in [0, 0.05) is 11.6 Å².